The Morgan fingerprint density at radius 3 is 2.67 bits per heavy atom. The fourth-order valence-corrected chi connectivity index (χ4v) is 5.70. The molecule has 0 saturated carbocycles. The van der Waals surface area contributed by atoms with Crippen molar-refractivity contribution >= 4 is 33.1 Å². The van der Waals surface area contributed by atoms with E-state index < -0.39 is 0 Å². The molecule has 0 atom stereocenters. The Bertz CT molecular complexity index is 1480. The van der Waals surface area contributed by atoms with Gasteiger partial charge >= 0.3 is 0 Å². The van der Waals surface area contributed by atoms with E-state index in [2.05, 4.69) is 10.3 Å². The number of hydrogen-bond acceptors (Lipinski definition) is 5. The Hall–Kier alpha value is -3.46. The fourth-order valence-electron chi connectivity index (χ4n) is 4.48. The highest BCUT2D eigenvalue weighted by Crippen LogP contribution is 2.33. The maximum Gasteiger partial charge on any atom is 0.295 e. The lowest BCUT2D eigenvalue weighted by Gasteiger charge is -2.10. The fraction of sp³-hybridized carbons (Fsp3) is 0.333. The second-order valence-electron chi connectivity index (χ2n) is 8.37. The molecular formula is C24H25N5O3S. The third-order valence-corrected chi connectivity index (χ3v) is 7.54. The van der Waals surface area contributed by atoms with Gasteiger partial charge in [-0.2, -0.15) is 0 Å². The van der Waals surface area contributed by atoms with Crippen LogP contribution in [0.25, 0.3) is 15.9 Å². The van der Waals surface area contributed by atoms with Gasteiger partial charge < -0.3 is 5.32 Å². The summed E-state index contributed by atoms with van der Waals surface area (Å²) in [7, 11) is 1.78. The van der Waals surface area contributed by atoms with Crippen LogP contribution in [0.3, 0.4) is 0 Å². The van der Waals surface area contributed by atoms with Crippen LogP contribution in [0.2, 0.25) is 0 Å². The lowest BCUT2D eigenvalue weighted by molar-refractivity contribution is -0.116. The summed E-state index contributed by atoms with van der Waals surface area (Å²) in [6, 6.07) is 9.27. The number of benzene rings is 1. The SMILES string of the molecule is Cc1c(NC(=O)CCn2cnc3sc4c(c3c2=O)CCCC4)c(=O)n(-c2ccccc2)n1C. The summed E-state index contributed by atoms with van der Waals surface area (Å²) in [5, 5.41) is 3.46. The van der Waals surface area contributed by atoms with Crippen molar-refractivity contribution in [2.75, 3.05) is 5.32 Å². The first-order valence-electron chi connectivity index (χ1n) is 11.1. The van der Waals surface area contributed by atoms with E-state index in [4.69, 9.17) is 0 Å². The van der Waals surface area contributed by atoms with Crippen molar-refractivity contribution in [3.63, 3.8) is 0 Å². The quantitative estimate of drug-likeness (QED) is 0.492. The van der Waals surface area contributed by atoms with Gasteiger partial charge in [0.05, 0.1) is 23.1 Å². The molecule has 0 unspecified atom stereocenters. The maximum absolute atomic E-state index is 13.1. The highest BCUT2D eigenvalue weighted by Gasteiger charge is 2.21. The maximum atomic E-state index is 13.1. The van der Waals surface area contributed by atoms with Crippen molar-refractivity contribution in [3.8, 4) is 5.69 Å². The number of nitrogens with zero attached hydrogens (tertiary/aromatic N) is 4. The van der Waals surface area contributed by atoms with Crippen molar-refractivity contribution in [1.82, 2.24) is 18.9 Å². The molecule has 3 heterocycles. The first-order valence-corrected chi connectivity index (χ1v) is 11.9. The van der Waals surface area contributed by atoms with Gasteiger partial charge in [-0.1, -0.05) is 18.2 Å². The third kappa shape index (κ3) is 3.72. The molecule has 1 N–H and O–H groups in total. The number of aromatic nitrogens is 4. The molecule has 0 aliphatic heterocycles. The van der Waals surface area contributed by atoms with Crippen LogP contribution in [0.15, 0.2) is 46.2 Å². The zero-order chi connectivity index (χ0) is 23.1. The van der Waals surface area contributed by atoms with Gasteiger partial charge in [0.25, 0.3) is 11.1 Å². The lowest BCUT2D eigenvalue weighted by Crippen LogP contribution is -2.26. The predicted octanol–water partition coefficient (Wildman–Crippen LogP) is 3.16. The van der Waals surface area contributed by atoms with Crippen LogP contribution < -0.4 is 16.4 Å². The molecule has 9 heteroatoms. The van der Waals surface area contributed by atoms with Crippen LogP contribution in [-0.2, 0) is 31.2 Å². The first-order chi connectivity index (χ1) is 16.0. The van der Waals surface area contributed by atoms with Gasteiger partial charge in [0.15, 0.2) is 0 Å². The average molecular weight is 464 g/mol. The number of rotatable bonds is 5. The molecule has 0 spiro atoms. The van der Waals surface area contributed by atoms with Crippen molar-refractivity contribution in [1.29, 1.82) is 0 Å². The van der Waals surface area contributed by atoms with Crippen molar-refractivity contribution in [2.24, 2.45) is 7.05 Å². The summed E-state index contributed by atoms with van der Waals surface area (Å²) in [6.45, 7) is 2.00. The number of thiophene rings is 1. The Morgan fingerprint density at radius 2 is 1.88 bits per heavy atom. The summed E-state index contributed by atoms with van der Waals surface area (Å²) >= 11 is 1.61. The lowest BCUT2D eigenvalue weighted by atomic mass is 9.97. The zero-order valence-electron chi connectivity index (χ0n) is 18.6. The number of carbonyl (C=O) groups excluding carboxylic acids is 1. The second kappa shape index (κ2) is 8.47. The van der Waals surface area contributed by atoms with Gasteiger partial charge in [0.2, 0.25) is 5.91 Å². The number of amides is 1. The van der Waals surface area contributed by atoms with Gasteiger partial charge in [-0.15, -0.1) is 11.3 Å². The Morgan fingerprint density at radius 1 is 1.12 bits per heavy atom. The molecule has 1 aromatic carbocycles. The van der Waals surface area contributed by atoms with E-state index in [1.54, 1.807) is 30.0 Å². The molecular weight excluding hydrogens is 438 g/mol. The van der Waals surface area contributed by atoms with Crippen LogP contribution in [0.5, 0.6) is 0 Å². The van der Waals surface area contributed by atoms with E-state index in [0.29, 0.717) is 11.1 Å². The number of hydrogen-bond donors (Lipinski definition) is 1. The minimum atomic E-state index is -0.319. The van der Waals surface area contributed by atoms with Crippen molar-refractivity contribution in [3.05, 3.63) is 73.5 Å². The molecule has 3 aromatic heterocycles. The van der Waals surface area contributed by atoms with Crippen LogP contribution in [-0.4, -0.2) is 24.8 Å². The summed E-state index contributed by atoms with van der Waals surface area (Å²) < 4.78 is 4.74. The Balaban J connectivity index is 1.36. The second-order valence-corrected chi connectivity index (χ2v) is 9.45. The molecule has 0 bridgehead atoms. The van der Waals surface area contributed by atoms with E-state index in [1.165, 1.54) is 20.5 Å². The molecule has 0 saturated heterocycles. The normalized spacial score (nSPS) is 13.3. The van der Waals surface area contributed by atoms with E-state index in [0.717, 1.165) is 41.8 Å². The molecule has 1 aliphatic rings. The van der Waals surface area contributed by atoms with Crippen molar-refractivity contribution in [2.45, 2.75) is 45.6 Å². The standard InChI is InChI=1S/C24H25N5O3S/c1-15-21(24(32)29(27(15)2)16-8-4-3-5-9-16)26-19(30)12-13-28-14-25-22-20(23(28)31)17-10-6-7-11-18(17)33-22/h3-5,8-9,14H,6-7,10-13H2,1-2H3,(H,26,30). The van der Waals surface area contributed by atoms with Crippen LogP contribution >= 0.6 is 11.3 Å². The van der Waals surface area contributed by atoms with Gasteiger partial charge in [-0.05, 0) is 50.3 Å². The smallest absolute Gasteiger partial charge is 0.295 e. The number of fused-ring (bicyclic) bond motifs is 3. The average Bonchev–Trinajstić information content (AvgIpc) is 3.30. The van der Waals surface area contributed by atoms with Crippen LogP contribution in [0.4, 0.5) is 5.69 Å². The van der Waals surface area contributed by atoms with E-state index in [9.17, 15) is 14.4 Å². The number of aryl methyl sites for hydroxylation is 3. The number of nitrogens with one attached hydrogen (secondary N) is 1. The van der Waals surface area contributed by atoms with Gasteiger partial charge in [-0.25, -0.2) is 9.67 Å². The molecule has 170 valence electrons. The predicted molar refractivity (Wildman–Crippen MR) is 130 cm³/mol. The monoisotopic (exact) mass is 463 g/mol. The molecule has 1 amide bonds. The van der Waals surface area contributed by atoms with E-state index >= 15 is 0 Å². The minimum Gasteiger partial charge on any atom is -0.320 e. The topological polar surface area (TPSA) is 90.9 Å². The van der Waals surface area contributed by atoms with Crippen molar-refractivity contribution < 1.29 is 4.79 Å². The van der Waals surface area contributed by atoms with Gasteiger partial charge in [0, 0.05) is 24.9 Å². The largest absolute Gasteiger partial charge is 0.320 e. The number of para-hydroxylation sites is 1. The summed E-state index contributed by atoms with van der Waals surface area (Å²) in [4.78, 5) is 45.3. The Labute approximate surface area is 194 Å². The molecule has 1 aliphatic carbocycles. The third-order valence-electron chi connectivity index (χ3n) is 6.34. The number of anilines is 1. The highest BCUT2D eigenvalue weighted by atomic mass is 32.1. The van der Waals surface area contributed by atoms with Crippen LogP contribution in [0, 0.1) is 6.92 Å². The summed E-state index contributed by atoms with van der Waals surface area (Å²) in [5.74, 6) is -0.319. The van der Waals surface area contributed by atoms with E-state index in [-0.39, 0.29) is 35.7 Å². The van der Waals surface area contributed by atoms with Gasteiger partial charge in [0.1, 0.15) is 10.5 Å². The first kappa shape index (κ1) is 21.4. The molecule has 33 heavy (non-hydrogen) atoms. The van der Waals surface area contributed by atoms with Crippen LogP contribution in [0.1, 0.15) is 35.4 Å². The van der Waals surface area contributed by atoms with Gasteiger partial charge in [-0.3, -0.25) is 23.6 Å². The summed E-state index contributed by atoms with van der Waals surface area (Å²) in [6.07, 6.45) is 5.76. The molecule has 0 radical (unpaired) electrons. The highest BCUT2D eigenvalue weighted by molar-refractivity contribution is 7.18. The summed E-state index contributed by atoms with van der Waals surface area (Å²) in [5.41, 5.74) is 2.38. The molecule has 4 aromatic rings. The minimum absolute atomic E-state index is 0.0680. The van der Waals surface area contributed by atoms with E-state index in [1.807, 2.05) is 30.3 Å². The molecule has 5 rings (SSSR count). The molecule has 0 fully saturated rings. The zero-order valence-corrected chi connectivity index (χ0v) is 19.4. The molecule has 8 nitrogen and oxygen atoms in total. The Kier molecular flexibility index (Phi) is 5.49. The number of carbonyl (C=O) groups is 1.